The Labute approximate surface area is 84.9 Å². The maximum absolute atomic E-state index is 13.3. The van der Waals surface area contributed by atoms with Gasteiger partial charge in [-0.3, -0.25) is 4.79 Å². The number of Topliss-reactive ketones (excluding diaryl/α,β-unsaturated/α-hetero) is 1. The number of fused-ring (bicyclic) bond motifs is 1. The zero-order valence-corrected chi connectivity index (χ0v) is 7.95. The number of halogens is 3. The Balaban J connectivity index is 2.68. The van der Waals surface area contributed by atoms with Gasteiger partial charge in [-0.2, -0.15) is 0 Å². The van der Waals surface area contributed by atoms with Gasteiger partial charge in [-0.1, -0.05) is 0 Å². The van der Waals surface area contributed by atoms with Crippen molar-refractivity contribution in [1.82, 2.24) is 0 Å². The van der Waals surface area contributed by atoms with Crippen molar-refractivity contribution >= 4 is 5.78 Å². The highest BCUT2D eigenvalue weighted by molar-refractivity contribution is 5.98. The molecule has 4 heteroatoms. The molecule has 0 aromatic heterocycles. The van der Waals surface area contributed by atoms with Gasteiger partial charge in [0.1, 0.15) is 5.82 Å². The first-order valence-electron chi connectivity index (χ1n) is 4.81. The molecule has 1 aliphatic carbocycles. The number of hydrogen-bond donors (Lipinski definition) is 0. The number of rotatable bonds is 0. The van der Waals surface area contributed by atoms with Crippen LogP contribution < -0.4 is 0 Å². The van der Waals surface area contributed by atoms with Crippen molar-refractivity contribution < 1.29 is 18.0 Å². The van der Waals surface area contributed by atoms with Crippen LogP contribution in [-0.4, -0.2) is 5.78 Å². The topological polar surface area (TPSA) is 17.1 Å². The summed E-state index contributed by atoms with van der Waals surface area (Å²) in [6, 6.07) is 0.442. The molecule has 0 amide bonds. The minimum Gasteiger partial charge on any atom is -0.294 e. The number of ketones is 1. The number of hydrogen-bond acceptors (Lipinski definition) is 1. The van der Waals surface area contributed by atoms with E-state index >= 15 is 0 Å². The first-order chi connectivity index (χ1) is 7.11. The zero-order valence-electron chi connectivity index (χ0n) is 7.95. The number of carbonyl (C=O) groups is 1. The molecule has 0 saturated carbocycles. The Kier molecular flexibility index (Phi) is 2.50. The second-order valence-corrected chi connectivity index (χ2v) is 3.64. The summed E-state index contributed by atoms with van der Waals surface area (Å²) in [5, 5.41) is 0. The van der Waals surface area contributed by atoms with E-state index in [9.17, 15) is 18.0 Å². The van der Waals surface area contributed by atoms with E-state index in [1.165, 1.54) is 0 Å². The van der Waals surface area contributed by atoms with Gasteiger partial charge >= 0.3 is 0 Å². The predicted octanol–water partition coefficient (Wildman–Crippen LogP) is 3.01. The molecule has 0 aliphatic heterocycles. The summed E-state index contributed by atoms with van der Waals surface area (Å²) in [6.07, 6.45) is 1.60. The molecule has 2 rings (SSSR count). The van der Waals surface area contributed by atoms with E-state index in [4.69, 9.17) is 0 Å². The van der Waals surface area contributed by atoms with Gasteiger partial charge in [-0.15, -0.1) is 0 Å². The largest absolute Gasteiger partial charge is 0.294 e. The molecule has 1 nitrogen and oxygen atoms in total. The van der Waals surface area contributed by atoms with Gasteiger partial charge in [0.2, 0.25) is 0 Å². The Morgan fingerprint density at radius 2 is 1.67 bits per heavy atom. The van der Waals surface area contributed by atoms with E-state index in [-0.39, 0.29) is 24.0 Å². The summed E-state index contributed by atoms with van der Waals surface area (Å²) < 4.78 is 39.5. The molecule has 0 atom stereocenters. The van der Waals surface area contributed by atoms with Gasteiger partial charge in [0, 0.05) is 18.1 Å². The molecule has 0 N–H and O–H groups in total. The SMILES string of the molecule is O=C1CCCCc2c(F)c(F)cc(F)c21. The van der Waals surface area contributed by atoms with Crippen molar-refractivity contribution in [3.05, 3.63) is 34.6 Å². The van der Waals surface area contributed by atoms with Crippen LogP contribution in [0, 0.1) is 17.5 Å². The van der Waals surface area contributed by atoms with Gasteiger partial charge in [-0.25, -0.2) is 13.2 Å². The normalized spacial score (nSPS) is 16.1. The van der Waals surface area contributed by atoms with Crippen LogP contribution in [0.25, 0.3) is 0 Å². The van der Waals surface area contributed by atoms with E-state index in [0.717, 1.165) is 0 Å². The lowest BCUT2D eigenvalue weighted by Crippen LogP contribution is -2.08. The van der Waals surface area contributed by atoms with E-state index in [2.05, 4.69) is 0 Å². The predicted molar refractivity (Wildman–Crippen MR) is 48.2 cm³/mol. The lowest BCUT2D eigenvalue weighted by atomic mass is 10.0. The average Bonchev–Trinajstić information content (AvgIpc) is 2.37. The Hall–Kier alpha value is -1.32. The van der Waals surface area contributed by atoms with Gasteiger partial charge in [0.15, 0.2) is 17.4 Å². The molecule has 0 spiro atoms. The van der Waals surface area contributed by atoms with Crippen LogP contribution >= 0.6 is 0 Å². The number of carbonyl (C=O) groups excluding carboxylic acids is 1. The Morgan fingerprint density at radius 1 is 1.00 bits per heavy atom. The molecule has 0 bridgehead atoms. The van der Waals surface area contributed by atoms with E-state index in [0.29, 0.717) is 18.9 Å². The Bertz CT molecular complexity index is 426. The molecule has 0 heterocycles. The van der Waals surface area contributed by atoms with Crippen LogP contribution in [0.15, 0.2) is 6.07 Å². The van der Waals surface area contributed by atoms with Gasteiger partial charge in [0.05, 0.1) is 5.56 Å². The Morgan fingerprint density at radius 3 is 2.40 bits per heavy atom. The molecule has 0 saturated heterocycles. The van der Waals surface area contributed by atoms with E-state index < -0.39 is 23.2 Å². The summed E-state index contributed by atoms with van der Waals surface area (Å²) in [7, 11) is 0. The summed E-state index contributed by atoms with van der Waals surface area (Å²) in [4.78, 5) is 11.5. The van der Waals surface area contributed by atoms with Crippen LogP contribution in [0.2, 0.25) is 0 Å². The van der Waals surface area contributed by atoms with Crippen molar-refractivity contribution in [2.45, 2.75) is 25.7 Å². The lowest BCUT2D eigenvalue weighted by molar-refractivity contribution is 0.0977. The summed E-state index contributed by atoms with van der Waals surface area (Å²) >= 11 is 0. The van der Waals surface area contributed by atoms with Crippen LogP contribution in [0.5, 0.6) is 0 Å². The van der Waals surface area contributed by atoms with Crippen molar-refractivity contribution in [2.75, 3.05) is 0 Å². The standard InChI is InChI=1S/C11H9F3O/c12-7-5-8(13)11(14)6-3-1-2-4-9(15)10(6)7/h5H,1-4H2. The molecule has 0 unspecified atom stereocenters. The van der Waals surface area contributed by atoms with E-state index in [1.807, 2.05) is 0 Å². The van der Waals surface area contributed by atoms with Gasteiger partial charge < -0.3 is 0 Å². The fourth-order valence-corrected chi connectivity index (χ4v) is 1.89. The molecule has 0 radical (unpaired) electrons. The maximum Gasteiger partial charge on any atom is 0.166 e. The molecular weight excluding hydrogens is 205 g/mol. The van der Waals surface area contributed by atoms with Crippen LogP contribution in [0.4, 0.5) is 13.2 Å². The fourth-order valence-electron chi connectivity index (χ4n) is 1.89. The zero-order chi connectivity index (χ0) is 11.0. The molecule has 0 fully saturated rings. The third kappa shape index (κ3) is 1.64. The first kappa shape index (κ1) is 10.2. The summed E-state index contributed by atoms with van der Waals surface area (Å²) in [6.45, 7) is 0. The third-order valence-electron chi connectivity index (χ3n) is 2.63. The number of benzene rings is 1. The van der Waals surface area contributed by atoms with E-state index in [1.54, 1.807) is 0 Å². The maximum atomic E-state index is 13.3. The van der Waals surface area contributed by atoms with Crippen LogP contribution in [0.1, 0.15) is 35.2 Å². The summed E-state index contributed by atoms with van der Waals surface area (Å²) in [5.41, 5.74) is -0.360. The van der Waals surface area contributed by atoms with Crippen molar-refractivity contribution in [1.29, 1.82) is 0 Å². The smallest absolute Gasteiger partial charge is 0.166 e. The molecule has 1 aromatic carbocycles. The van der Waals surface area contributed by atoms with Crippen LogP contribution in [0.3, 0.4) is 0 Å². The fraction of sp³-hybridized carbons (Fsp3) is 0.364. The molecule has 1 aliphatic rings. The molecule has 1 aromatic rings. The first-order valence-corrected chi connectivity index (χ1v) is 4.81. The second kappa shape index (κ2) is 3.68. The molecule has 80 valence electrons. The van der Waals surface area contributed by atoms with Crippen molar-refractivity contribution in [2.24, 2.45) is 0 Å². The minimum absolute atomic E-state index is 0.102. The highest BCUT2D eigenvalue weighted by atomic mass is 19.2. The highest BCUT2D eigenvalue weighted by Gasteiger charge is 2.25. The van der Waals surface area contributed by atoms with Crippen molar-refractivity contribution in [3.8, 4) is 0 Å². The third-order valence-corrected chi connectivity index (χ3v) is 2.63. The van der Waals surface area contributed by atoms with Crippen molar-refractivity contribution in [3.63, 3.8) is 0 Å². The summed E-state index contributed by atoms with van der Waals surface area (Å²) in [5.74, 6) is -3.68. The van der Waals surface area contributed by atoms with Gasteiger partial charge in [0.25, 0.3) is 0 Å². The molecule has 15 heavy (non-hydrogen) atoms. The quantitative estimate of drug-likeness (QED) is 0.479. The van der Waals surface area contributed by atoms with Crippen LogP contribution in [-0.2, 0) is 6.42 Å². The minimum atomic E-state index is -1.22. The monoisotopic (exact) mass is 214 g/mol. The molecular formula is C11H9F3O. The van der Waals surface area contributed by atoms with Gasteiger partial charge in [-0.05, 0) is 19.3 Å². The highest BCUT2D eigenvalue weighted by Crippen LogP contribution is 2.27. The lowest BCUT2D eigenvalue weighted by Gasteiger charge is -2.07. The second-order valence-electron chi connectivity index (χ2n) is 3.64. The average molecular weight is 214 g/mol.